The summed E-state index contributed by atoms with van der Waals surface area (Å²) in [4.78, 5) is 4.69. The van der Waals surface area contributed by atoms with E-state index in [1.807, 2.05) is 0 Å². The smallest absolute Gasteiger partial charge is 0.125 e. The molecule has 2 nitrogen and oxygen atoms in total. The van der Waals surface area contributed by atoms with Gasteiger partial charge in [-0.1, -0.05) is 43.6 Å². The molecule has 19 heavy (non-hydrogen) atoms. The highest BCUT2D eigenvalue weighted by Crippen LogP contribution is 2.72. The standard InChI is InChI=1S/C15H18BrClN2/c1-14(2)13(15(14,3)4)19-11-6-5-9(16)7-10(11)18-12(19)8-17/h5-7,13H,8H2,1-4H3. The van der Waals surface area contributed by atoms with Crippen LogP contribution in [-0.2, 0) is 5.88 Å². The number of aromatic nitrogens is 2. The summed E-state index contributed by atoms with van der Waals surface area (Å²) in [5.74, 6) is 1.42. The van der Waals surface area contributed by atoms with Crippen molar-refractivity contribution in [3.63, 3.8) is 0 Å². The first-order valence-corrected chi connectivity index (χ1v) is 7.86. The van der Waals surface area contributed by atoms with Gasteiger partial charge in [-0.05, 0) is 29.0 Å². The van der Waals surface area contributed by atoms with Crippen LogP contribution in [0.25, 0.3) is 11.0 Å². The first-order valence-electron chi connectivity index (χ1n) is 6.53. The van der Waals surface area contributed by atoms with Crippen molar-refractivity contribution in [2.24, 2.45) is 10.8 Å². The normalized spacial score (nSPS) is 20.9. The van der Waals surface area contributed by atoms with Gasteiger partial charge in [0.15, 0.2) is 0 Å². The van der Waals surface area contributed by atoms with E-state index >= 15 is 0 Å². The molecule has 102 valence electrons. The number of alkyl halides is 1. The zero-order chi connectivity index (χ0) is 14.0. The Kier molecular flexibility index (Phi) is 2.82. The van der Waals surface area contributed by atoms with Crippen LogP contribution in [0, 0.1) is 10.8 Å². The molecular formula is C15H18BrClN2. The molecule has 0 bridgehead atoms. The van der Waals surface area contributed by atoms with Crippen molar-refractivity contribution in [1.29, 1.82) is 0 Å². The molecule has 0 aliphatic heterocycles. The molecule has 1 saturated carbocycles. The molecule has 2 aromatic rings. The summed E-state index contributed by atoms with van der Waals surface area (Å²) in [6, 6.07) is 6.72. The lowest BCUT2D eigenvalue weighted by Crippen LogP contribution is -2.04. The average Bonchev–Trinajstić information content (AvgIpc) is 2.63. The molecule has 3 rings (SSSR count). The summed E-state index contributed by atoms with van der Waals surface area (Å²) in [7, 11) is 0. The summed E-state index contributed by atoms with van der Waals surface area (Å²) >= 11 is 9.61. The van der Waals surface area contributed by atoms with Crippen molar-refractivity contribution in [2.45, 2.75) is 39.6 Å². The second-order valence-corrected chi connectivity index (χ2v) is 7.69. The molecule has 1 aromatic heterocycles. The van der Waals surface area contributed by atoms with Gasteiger partial charge < -0.3 is 4.57 Å². The lowest BCUT2D eigenvalue weighted by molar-refractivity contribution is 0.457. The van der Waals surface area contributed by atoms with Crippen molar-refractivity contribution in [3.05, 3.63) is 28.5 Å². The van der Waals surface area contributed by atoms with Crippen LogP contribution in [0.2, 0.25) is 0 Å². The Bertz CT molecular complexity index is 643. The predicted octanol–water partition coefficient (Wildman–Crippen LogP) is 5.14. The fraction of sp³-hybridized carbons (Fsp3) is 0.533. The van der Waals surface area contributed by atoms with E-state index in [1.165, 1.54) is 5.52 Å². The van der Waals surface area contributed by atoms with E-state index in [2.05, 4.69) is 71.4 Å². The van der Waals surface area contributed by atoms with Gasteiger partial charge in [-0.15, -0.1) is 11.6 Å². The SMILES string of the molecule is CC1(C)C(n2c(CCl)nc3cc(Br)ccc32)C1(C)C. The summed E-state index contributed by atoms with van der Waals surface area (Å²) in [6.07, 6.45) is 0. The zero-order valence-electron chi connectivity index (χ0n) is 11.7. The van der Waals surface area contributed by atoms with Gasteiger partial charge in [0, 0.05) is 10.5 Å². The maximum Gasteiger partial charge on any atom is 0.125 e. The summed E-state index contributed by atoms with van der Waals surface area (Å²) in [5, 5.41) is 0. The third-order valence-electron chi connectivity index (χ3n) is 5.05. The van der Waals surface area contributed by atoms with Crippen molar-refractivity contribution in [3.8, 4) is 0 Å². The summed E-state index contributed by atoms with van der Waals surface area (Å²) in [6.45, 7) is 9.28. The maximum atomic E-state index is 6.11. The first kappa shape index (κ1) is 13.4. The maximum absolute atomic E-state index is 6.11. The number of rotatable bonds is 2. The van der Waals surface area contributed by atoms with Crippen molar-refractivity contribution in [2.75, 3.05) is 0 Å². The van der Waals surface area contributed by atoms with E-state index in [0.717, 1.165) is 15.8 Å². The van der Waals surface area contributed by atoms with Crippen LogP contribution in [-0.4, -0.2) is 9.55 Å². The molecule has 0 saturated heterocycles. The predicted molar refractivity (Wildman–Crippen MR) is 83.6 cm³/mol. The van der Waals surface area contributed by atoms with Gasteiger partial charge in [-0.3, -0.25) is 0 Å². The number of benzene rings is 1. The number of halogens is 2. The lowest BCUT2D eigenvalue weighted by atomic mass is 10.0. The van der Waals surface area contributed by atoms with Gasteiger partial charge in [0.25, 0.3) is 0 Å². The van der Waals surface area contributed by atoms with E-state index < -0.39 is 0 Å². The Labute approximate surface area is 127 Å². The van der Waals surface area contributed by atoms with Crippen LogP contribution in [0.5, 0.6) is 0 Å². The van der Waals surface area contributed by atoms with Crippen LogP contribution >= 0.6 is 27.5 Å². The van der Waals surface area contributed by atoms with Crippen LogP contribution in [0.1, 0.15) is 39.6 Å². The Morgan fingerprint density at radius 1 is 1.26 bits per heavy atom. The highest BCUT2D eigenvalue weighted by Gasteiger charge is 2.66. The molecule has 0 radical (unpaired) electrons. The third-order valence-corrected chi connectivity index (χ3v) is 5.78. The average molecular weight is 342 g/mol. The van der Waals surface area contributed by atoms with Gasteiger partial charge in [-0.25, -0.2) is 4.98 Å². The molecule has 0 N–H and O–H groups in total. The Morgan fingerprint density at radius 3 is 2.42 bits per heavy atom. The highest BCUT2D eigenvalue weighted by atomic mass is 79.9. The molecule has 0 unspecified atom stereocenters. The largest absolute Gasteiger partial charge is 0.323 e. The number of hydrogen-bond donors (Lipinski definition) is 0. The van der Waals surface area contributed by atoms with E-state index in [1.54, 1.807) is 0 Å². The summed E-state index contributed by atoms with van der Waals surface area (Å²) < 4.78 is 3.40. The zero-order valence-corrected chi connectivity index (χ0v) is 14.0. The number of fused-ring (bicyclic) bond motifs is 1. The highest BCUT2D eigenvalue weighted by molar-refractivity contribution is 9.10. The topological polar surface area (TPSA) is 17.8 Å². The van der Waals surface area contributed by atoms with Gasteiger partial charge in [0.2, 0.25) is 0 Å². The molecule has 0 atom stereocenters. The van der Waals surface area contributed by atoms with E-state index in [9.17, 15) is 0 Å². The Hall–Kier alpha value is -0.540. The van der Waals surface area contributed by atoms with Crippen molar-refractivity contribution in [1.82, 2.24) is 9.55 Å². The second kappa shape index (κ2) is 3.98. The second-order valence-electron chi connectivity index (χ2n) is 6.51. The minimum absolute atomic E-state index is 0.272. The fourth-order valence-corrected chi connectivity index (χ4v) is 3.85. The number of hydrogen-bond acceptors (Lipinski definition) is 1. The Morgan fingerprint density at radius 2 is 1.89 bits per heavy atom. The molecular weight excluding hydrogens is 324 g/mol. The molecule has 1 aromatic carbocycles. The van der Waals surface area contributed by atoms with Crippen LogP contribution in [0.3, 0.4) is 0 Å². The van der Waals surface area contributed by atoms with Crippen molar-refractivity contribution < 1.29 is 0 Å². The summed E-state index contributed by atoms with van der Waals surface area (Å²) in [5.41, 5.74) is 2.74. The fourth-order valence-electron chi connectivity index (χ4n) is 3.31. The lowest BCUT2D eigenvalue weighted by Gasteiger charge is -2.10. The minimum Gasteiger partial charge on any atom is -0.323 e. The molecule has 0 amide bonds. The Balaban J connectivity index is 2.24. The number of imidazole rings is 1. The van der Waals surface area contributed by atoms with Crippen LogP contribution in [0.15, 0.2) is 22.7 Å². The van der Waals surface area contributed by atoms with Gasteiger partial charge >= 0.3 is 0 Å². The van der Waals surface area contributed by atoms with E-state index in [-0.39, 0.29) is 10.8 Å². The minimum atomic E-state index is 0.272. The molecule has 1 fully saturated rings. The van der Waals surface area contributed by atoms with Gasteiger partial charge in [0.05, 0.1) is 16.9 Å². The van der Waals surface area contributed by atoms with Gasteiger partial charge in [-0.2, -0.15) is 0 Å². The number of nitrogens with zero attached hydrogens (tertiary/aromatic N) is 2. The van der Waals surface area contributed by atoms with Crippen LogP contribution in [0.4, 0.5) is 0 Å². The van der Waals surface area contributed by atoms with Crippen LogP contribution < -0.4 is 0 Å². The molecule has 1 heterocycles. The quantitative estimate of drug-likeness (QED) is 0.691. The molecule has 0 spiro atoms. The monoisotopic (exact) mass is 340 g/mol. The van der Waals surface area contributed by atoms with E-state index in [4.69, 9.17) is 11.6 Å². The van der Waals surface area contributed by atoms with Crippen molar-refractivity contribution >= 4 is 38.6 Å². The molecule has 1 aliphatic rings. The first-order chi connectivity index (χ1) is 8.80. The third kappa shape index (κ3) is 1.71. The van der Waals surface area contributed by atoms with E-state index in [0.29, 0.717) is 11.9 Å². The molecule has 4 heteroatoms. The van der Waals surface area contributed by atoms with Gasteiger partial charge in [0.1, 0.15) is 5.82 Å². The molecule has 1 aliphatic carbocycles.